The van der Waals surface area contributed by atoms with Crippen LogP contribution in [0.25, 0.3) is 0 Å². The molecule has 0 spiro atoms. The SMILES string of the molecule is Cc1ccc([N+](=O)[O-])cc1C(=O)Nc1cnc(N)c(Cl)c1. The largest absolute Gasteiger partial charge is 0.382 e. The fourth-order valence-electron chi connectivity index (χ4n) is 1.68. The lowest BCUT2D eigenvalue weighted by molar-refractivity contribution is -0.384. The first-order valence-corrected chi connectivity index (χ1v) is 6.23. The van der Waals surface area contributed by atoms with E-state index in [9.17, 15) is 14.9 Å². The van der Waals surface area contributed by atoms with Gasteiger partial charge in [0.25, 0.3) is 11.6 Å². The predicted octanol–water partition coefficient (Wildman–Crippen LogP) is 2.79. The Balaban J connectivity index is 2.29. The van der Waals surface area contributed by atoms with Gasteiger partial charge in [-0.3, -0.25) is 14.9 Å². The van der Waals surface area contributed by atoms with Crippen molar-refractivity contribution < 1.29 is 9.72 Å². The van der Waals surface area contributed by atoms with Crippen LogP contribution in [0.3, 0.4) is 0 Å². The van der Waals surface area contributed by atoms with Crippen LogP contribution in [-0.4, -0.2) is 15.8 Å². The van der Waals surface area contributed by atoms with Crippen molar-refractivity contribution in [3.8, 4) is 0 Å². The summed E-state index contributed by atoms with van der Waals surface area (Å²) in [6, 6.07) is 5.53. The van der Waals surface area contributed by atoms with Crippen molar-refractivity contribution in [3.05, 3.63) is 56.7 Å². The first-order valence-electron chi connectivity index (χ1n) is 5.86. The third-order valence-corrected chi connectivity index (χ3v) is 3.11. The zero-order chi connectivity index (χ0) is 15.6. The zero-order valence-corrected chi connectivity index (χ0v) is 11.7. The molecule has 1 heterocycles. The molecule has 0 atom stereocenters. The number of nitrogens with one attached hydrogen (secondary N) is 1. The number of nitrogen functional groups attached to an aromatic ring is 1. The number of amides is 1. The van der Waals surface area contributed by atoms with E-state index in [1.165, 1.54) is 30.5 Å². The van der Waals surface area contributed by atoms with Crippen molar-refractivity contribution in [2.45, 2.75) is 6.92 Å². The first kappa shape index (κ1) is 14.7. The van der Waals surface area contributed by atoms with Crippen LogP contribution >= 0.6 is 11.6 Å². The highest BCUT2D eigenvalue weighted by atomic mass is 35.5. The molecule has 0 bridgehead atoms. The molecule has 0 aliphatic heterocycles. The number of pyridine rings is 1. The minimum Gasteiger partial charge on any atom is -0.382 e. The van der Waals surface area contributed by atoms with Crippen molar-refractivity contribution in [2.75, 3.05) is 11.1 Å². The number of hydrogen-bond acceptors (Lipinski definition) is 5. The van der Waals surface area contributed by atoms with Crippen LogP contribution in [0.5, 0.6) is 0 Å². The quantitative estimate of drug-likeness (QED) is 0.669. The number of nitro groups is 1. The van der Waals surface area contributed by atoms with Crippen molar-refractivity contribution in [3.63, 3.8) is 0 Å². The molecule has 0 fully saturated rings. The number of anilines is 2. The van der Waals surface area contributed by atoms with E-state index in [0.29, 0.717) is 11.3 Å². The van der Waals surface area contributed by atoms with E-state index in [0.717, 1.165) is 0 Å². The van der Waals surface area contributed by atoms with Crippen molar-refractivity contribution in [1.29, 1.82) is 0 Å². The Morgan fingerprint density at radius 3 is 2.76 bits per heavy atom. The normalized spacial score (nSPS) is 10.2. The Kier molecular flexibility index (Phi) is 4.04. The molecule has 21 heavy (non-hydrogen) atoms. The minimum absolute atomic E-state index is 0.154. The number of halogens is 1. The van der Waals surface area contributed by atoms with Crippen molar-refractivity contribution in [1.82, 2.24) is 4.98 Å². The number of carbonyl (C=O) groups is 1. The van der Waals surface area contributed by atoms with Crippen LogP contribution in [0, 0.1) is 17.0 Å². The zero-order valence-electron chi connectivity index (χ0n) is 11.0. The van der Waals surface area contributed by atoms with Crippen LogP contribution in [0.15, 0.2) is 30.5 Å². The van der Waals surface area contributed by atoms with E-state index in [4.69, 9.17) is 17.3 Å². The van der Waals surface area contributed by atoms with Gasteiger partial charge >= 0.3 is 0 Å². The van der Waals surface area contributed by atoms with Gasteiger partial charge in [-0.25, -0.2) is 4.98 Å². The van der Waals surface area contributed by atoms with Gasteiger partial charge in [0.1, 0.15) is 5.82 Å². The standard InChI is InChI=1S/C13H11ClN4O3/c1-7-2-3-9(18(20)21)5-10(7)13(19)17-8-4-11(14)12(15)16-6-8/h2-6H,1H3,(H2,15,16)(H,17,19). The Bertz CT molecular complexity index is 733. The summed E-state index contributed by atoms with van der Waals surface area (Å²) >= 11 is 5.81. The molecule has 7 nitrogen and oxygen atoms in total. The summed E-state index contributed by atoms with van der Waals surface area (Å²) < 4.78 is 0. The van der Waals surface area contributed by atoms with E-state index >= 15 is 0 Å². The second-order valence-electron chi connectivity index (χ2n) is 4.30. The number of nitrogens with two attached hydrogens (primary N) is 1. The monoisotopic (exact) mass is 306 g/mol. The number of carbonyl (C=O) groups excluding carboxylic acids is 1. The van der Waals surface area contributed by atoms with Gasteiger partial charge in [-0.2, -0.15) is 0 Å². The maximum absolute atomic E-state index is 12.2. The molecular weight excluding hydrogens is 296 g/mol. The summed E-state index contributed by atoms with van der Waals surface area (Å²) in [5, 5.41) is 13.5. The summed E-state index contributed by atoms with van der Waals surface area (Å²) in [5.74, 6) is -0.333. The lowest BCUT2D eigenvalue weighted by Gasteiger charge is -2.08. The number of nitrogens with zero attached hydrogens (tertiary/aromatic N) is 2. The van der Waals surface area contributed by atoms with E-state index in [-0.39, 0.29) is 22.1 Å². The lowest BCUT2D eigenvalue weighted by atomic mass is 10.1. The van der Waals surface area contributed by atoms with Crippen molar-refractivity contribution >= 4 is 34.7 Å². The van der Waals surface area contributed by atoms with Gasteiger partial charge in [0.2, 0.25) is 0 Å². The number of rotatable bonds is 3. The van der Waals surface area contributed by atoms with Gasteiger partial charge < -0.3 is 11.1 Å². The molecule has 0 aliphatic carbocycles. The van der Waals surface area contributed by atoms with Gasteiger partial charge in [-0.15, -0.1) is 0 Å². The second-order valence-corrected chi connectivity index (χ2v) is 4.71. The van der Waals surface area contributed by atoms with Crippen LogP contribution < -0.4 is 11.1 Å². The fourth-order valence-corrected chi connectivity index (χ4v) is 1.85. The molecule has 2 rings (SSSR count). The third kappa shape index (κ3) is 3.26. The van der Waals surface area contributed by atoms with E-state index < -0.39 is 10.8 Å². The fraction of sp³-hybridized carbons (Fsp3) is 0.0769. The van der Waals surface area contributed by atoms with E-state index in [2.05, 4.69) is 10.3 Å². The molecule has 108 valence electrons. The molecule has 1 amide bonds. The number of benzene rings is 1. The minimum atomic E-state index is -0.558. The molecule has 0 unspecified atom stereocenters. The average molecular weight is 307 g/mol. The Hall–Kier alpha value is -2.67. The molecule has 3 N–H and O–H groups in total. The first-order chi connectivity index (χ1) is 9.88. The topological polar surface area (TPSA) is 111 Å². The predicted molar refractivity (Wildman–Crippen MR) is 79.4 cm³/mol. The highest BCUT2D eigenvalue weighted by Crippen LogP contribution is 2.22. The summed E-state index contributed by atoms with van der Waals surface area (Å²) in [6.07, 6.45) is 1.35. The van der Waals surface area contributed by atoms with E-state index in [1.807, 2.05) is 0 Å². The van der Waals surface area contributed by atoms with Gasteiger partial charge in [0, 0.05) is 17.7 Å². The summed E-state index contributed by atoms with van der Waals surface area (Å²) in [4.78, 5) is 26.2. The molecule has 1 aromatic carbocycles. The maximum atomic E-state index is 12.2. The third-order valence-electron chi connectivity index (χ3n) is 2.80. The highest BCUT2D eigenvalue weighted by Gasteiger charge is 2.15. The molecule has 8 heteroatoms. The van der Waals surface area contributed by atoms with E-state index in [1.54, 1.807) is 6.92 Å². The Morgan fingerprint density at radius 2 is 2.14 bits per heavy atom. The molecule has 0 saturated heterocycles. The maximum Gasteiger partial charge on any atom is 0.270 e. The van der Waals surface area contributed by atoms with Gasteiger partial charge in [-0.1, -0.05) is 17.7 Å². The number of nitro benzene ring substituents is 1. The van der Waals surface area contributed by atoms with Crippen LogP contribution in [-0.2, 0) is 0 Å². The number of aromatic nitrogens is 1. The molecular formula is C13H11ClN4O3. The molecule has 0 radical (unpaired) electrons. The second kappa shape index (κ2) is 5.76. The van der Waals surface area contributed by atoms with Gasteiger partial charge in [-0.05, 0) is 18.6 Å². The highest BCUT2D eigenvalue weighted by molar-refractivity contribution is 6.33. The Labute approximate surface area is 124 Å². The molecule has 0 aliphatic rings. The lowest BCUT2D eigenvalue weighted by Crippen LogP contribution is -2.14. The van der Waals surface area contributed by atoms with Crippen molar-refractivity contribution in [2.24, 2.45) is 0 Å². The molecule has 0 saturated carbocycles. The average Bonchev–Trinajstić information content (AvgIpc) is 2.43. The summed E-state index contributed by atoms with van der Waals surface area (Å²) in [6.45, 7) is 1.69. The molecule has 2 aromatic rings. The number of non-ortho nitro benzene ring substituents is 1. The smallest absolute Gasteiger partial charge is 0.270 e. The van der Waals surface area contributed by atoms with Crippen LogP contribution in [0.4, 0.5) is 17.2 Å². The van der Waals surface area contributed by atoms with Gasteiger partial charge in [0.15, 0.2) is 0 Å². The summed E-state index contributed by atoms with van der Waals surface area (Å²) in [7, 11) is 0. The van der Waals surface area contributed by atoms with Crippen LogP contribution in [0.2, 0.25) is 5.02 Å². The molecule has 1 aromatic heterocycles. The number of aryl methyl sites for hydroxylation is 1. The van der Waals surface area contributed by atoms with Gasteiger partial charge in [0.05, 0.1) is 21.8 Å². The summed E-state index contributed by atoms with van der Waals surface area (Å²) in [5.41, 5.74) is 6.50. The Morgan fingerprint density at radius 1 is 1.43 bits per heavy atom. The van der Waals surface area contributed by atoms with Crippen LogP contribution in [0.1, 0.15) is 15.9 Å². The number of hydrogen-bond donors (Lipinski definition) is 2.